The molecule has 5 aromatic heterocycles. The lowest BCUT2D eigenvalue weighted by atomic mass is 10.2. The van der Waals surface area contributed by atoms with Crippen LogP contribution in [0.4, 0.5) is 8.78 Å². The fourth-order valence-electron chi connectivity index (χ4n) is 3.46. The number of nitrogens with one attached hydrogen (secondary N) is 2. The standard InChI is InChI=1S/C20H17F2N9OS/c1-10-3-4-16(33-10)14-6-23-19-13(31-15(17(21)22)7-25-29-31)5-12(8-30(14)19)20(32)27-11(2)18-24-9-26-28-18/h3-9,11,17H,1-2H3,(H,27,32)(H,24,26,28). The van der Waals surface area contributed by atoms with Gasteiger partial charge in [-0.3, -0.25) is 9.20 Å². The first-order valence-corrected chi connectivity index (χ1v) is 10.7. The van der Waals surface area contributed by atoms with Gasteiger partial charge in [-0.05, 0) is 32.0 Å². The van der Waals surface area contributed by atoms with E-state index < -0.39 is 24.1 Å². The van der Waals surface area contributed by atoms with E-state index in [2.05, 4.69) is 35.8 Å². The highest BCUT2D eigenvalue weighted by atomic mass is 32.1. The average molecular weight is 469 g/mol. The number of pyridine rings is 1. The van der Waals surface area contributed by atoms with Crippen LogP contribution in [0.2, 0.25) is 0 Å². The van der Waals surface area contributed by atoms with Gasteiger partial charge in [-0.2, -0.15) is 0 Å². The summed E-state index contributed by atoms with van der Waals surface area (Å²) < 4.78 is 29.9. The van der Waals surface area contributed by atoms with Crippen molar-refractivity contribution in [2.24, 2.45) is 0 Å². The van der Waals surface area contributed by atoms with E-state index in [0.717, 1.165) is 26.3 Å². The predicted molar refractivity (Wildman–Crippen MR) is 115 cm³/mol. The van der Waals surface area contributed by atoms with E-state index in [1.807, 2.05) is 19.1 Å². The molecule has 2 N–H and O–H groups in total. The van der Waals surface area contributed by atoms with E-state index in [9.17, 15) is 13.6 Å². The van der Waals surface area contributed by atoms with Crippen molar-refractivity contribution in [3.05, 3.63) is 65.1 Å². The molecule has 5 aromatic rings. The fraction of sp³-hybridized carbons (Fsp3) is 0.200. The van der Waals surface area contributed by atoms with Crippen LogP contribution in [-0.2, 0) is 0 Å². The van der Waals surface area contributed by atoms with Crippen LogP contribution in [0.5, 0.6) is 0 Å². The van der Waals surface area contributed by atoms with Gasteiger partial charge in [0.2, 0.25) is 0 Å². The molecule has 0 fully saturated rings. The lowest BCUT2D eigenvalue weighted by Gasteiger charge is -2.14. The molecule has 0 saturated heterocycles. The number of thiophene rings is 1. The van der Waals surface area contributed by atoms with Gasteiger partial charge in [-0.25, -0.2) is 18.4 Å². The molecule has 0 bridgehead atoms. The molecule has 33 heavy (non-hydrogen) atoms. The number of fused-ring (bicyclic) bond motifs is 1. The van der Waals surface area contributed by atoms with Crippen LogP contribution in [0.25, 0.3) is 21.9 Å². The van der Waals surface area contributed by atoms with Gasteiger partial charge in [-0.15, -0.1) is 26.6 Å². The zero-order valence-corrected chi connectivity index (χ0v) is 18.2. The van der Waals surface area contributed by atoms with E-state index in [1.165, 1.54) is 12.4 Å². The second-order valence-electron chi connectivity index (χ2n) is 7.30. The summed E-state index contributed by atoms with van der Waals surface area (Å²) in [6, 6.07) is 4.93. The molecule has 5 heterocycles. The molecule has 0 saturated carbocycles. The summed E-state index contributed by atoms with van der Waals surface area (Å²) in [4.78, 5) is 22.4. The smallest absolute Gasteiger partial charge is 0.282 e. The Balaban J connectivity index is 1.66. The maximum atomic E-state index is 13.6. The van der Waals surface area contributed by atoms with Crippen molar-refractivity contribution in [2.75, 3.05) is 0 Å². The number of imidazole rings is 1. The normalized spacial score (nSPS) is 12.5. The highest BCUT2D eigenvalue weighted by molar-refractivity contribution is 7.15. The van der Waals surface area contributed by atoms with Crippen molar-refractivity contribution < 1.29 is 13.6 Å². The summed E-state index contributed by atoms with van der Waals surface area (Å²) in [5, 5.41) is 17.9. The van der Waals surface area contributed by atoms with E-state index in [0.29, 0.717) is 11.5 Å². The van der Waals surface area contributed by atoms with Gasteiger partial charge in [0.15, 0.2) is 11.5 Å². The topological polar surface area (TPSA) is 119 Å². The minimum atomic E-state index is -2.81. The molecule has 0 aliphatic rings. The second kappa shape index (κ2) is 8.16. The maximum Gasteiger partial charge on any atom is 0.282 e. The number of aryl methyl sites for hydroxylation is 1. The maximum absolute atomic E-state index is 13.6. The number of carbonyl (C=O) groups is 1. The molecule has 0 radical (unpaired) electrons. The number of hydrogen-bond acceptors (Lipinski definition) is 7. The molecule has 0 aliphatic heterocycles. The number of aromatic nitrogens is 8. The Kier molecular flexibility index (Phi) is 5.17. The first-order valence-electron chi connectivity index (χ1n) is 9.86. The molecule has 168 valence electrons. The van der Waals surface area contributed by atoms with Crippen LogP contribution < -0.4 is 5.32 Å². The zero-order valence-electron chi connectivity index (χ0n) is 17.4. The van der Waals surface area contributed by atoms with Crippen molar-refractivity contribution >= 4 is 22.9 Å². The number of rotatable bonds is 6. The van der Waals surface area contributed by atoms with E-state index in [1.54, 1.807) is 35.1 Å². The number of aromatic amines is 1. The van der Waals surface area contributed by atoms with Crippen molar-refractivity contribution in [1.29, 1.82) is 0 Å². The Morgan fingerprint density at radius 2 is 2.09 bits per heavy atom. The van der Waals surface area contributed by atoms with Gasteiger partial charge < -0.3 is 10.3 Å². The van der Waals surface area contributed by atoms with Crippen LogP contribution >= 0.6 is 11.3 Å². The molecule has 5 rings (SSSR count). The first-order chi connectivity index (χ1) is 15.9. The summed E-state index contributed by atoms with van der Waals surface area (Å²) in [5.74, 6) is 0.0565. The van der Waals surface area contributed by atoms with Crippen molar-refractivity contribution in [3.8, 4) is 16.3 Å². The Morgan fingerprint density at radius 1 is 1.24 bits per heavy atom. The Bertz CT molecular complexity index is 1440. The van der Waals surface area contributed by atoms with Crippen molar-refractivity contribution in [1.82, 2.24) is 44.9 Å². The number of hydrogen-bond donors (Lipinski definition) is 2. The van der Waals surface area contributed by atoms with Crippen LogP contribution in [-0.4, -0.2) is 45.5 Å². The zero-order chi connectivity index (χ0) is 23.1. The third-order valence-corrected chi connectivity index (χ3v) is 6.09. The van der Waals surface area contributed by atoms with E-state index in [-0.39, 0.29) is 11.3 Å². The van der Waals surface area contributed by atoms with Crippen molar-refractivity contribution in [2.45, 2.75) is 26.3 Å². The lowest BCUT2D eigenvalue weighted by molar-refractivity contribution is 0.0938. The SMILES string of the molecule is Cc1ccc(-c2cnc3c(-n4nncc4C(F)F)cc(C(=O)NC(C)c4nnc[nH]4)cn23)s1. The third-order valence-electron chi connectivity index (χ3n) is 5.06. The van der Waals surface area contributed by atoms with Gasteiger partial charge in [0, 0.05) is 11.1 Å². The van der Waals surface area contributed by atoms with Crippen molar-refractivity contribution in [3.63, 3.8) is 0 Å². The highest BCUT2D eigenvalue weighted by Gasteiger charge is 2.23. The second-order valence-corrected chi connectivity index (χ2v) is 8.59. The lowest BCUT2D eigenvalue weighted by Crippen LogP contribution is -2.28. The average Bonchev–Trinajstić information content (AvgIpc) is 3.59. The Morgan fingerprint density at radius 3 is 2.79 bits per heavy atom. The monoisotopic (exact) mass is 469 g/mol. The molecule has 0 aliphatic carbocycles. The molecule has 13 heteroatoms. The minimum absolute atomic E-state index is 0.210. The van der Waals surface area contributed by atoms with Gasteiger partial charge >= 0.3 is 0 Å². The minimum Gasteiger partial charge on any atom is -0.342 e. The summed E-state index contributed by atoms with van der Waals surface area (Å²) in [5.41, 5.74) is 1.12. The fourth-order valence-corrected chi connectivity index (χ4v) is 4.33. The highest BCUT2D eigenvalue weighted by Crippen LogP contribution is 2.31. The Hall–Kier alpha value is -4.00. The number of H-pyrrole nitrogens is 1. The first kappa shape index (κ1) is 20.9. The van der Waals surface area contributed by atoms with Gasteiger partial charge in [0.1, 0.15) is 17.7 Å². The van der Waals surface area contributed by atoms with E-state index in [4.69, 9.17) is 0 Å². The van der Waals surface area contributed by atoms with Crippen LogP contribution in [0.1, 0.15) is 46.1 Å². The van der Waals surface area contributed by atoms with Gasteiger partial charge in [0.25, 0.3) is 12.3 Å². The molecular weight excluding hydrogens is 452 g/mol. The number of halogens is 2. The van der Waals surface area contributed by atoms with E-state index >= 15 is 0 Å². The van der Waals surface area contributed by atoms with Crippen LogP contribution in [0, 0.1) is 6.92 Å². The predicted octanol–water partition coefficient (Wildman–Crippen LogP) is 3.50. The summed E-state index contributed by atoms with van der Waals surface area (Å²) >= 11 is 1.56. The molecule has 1 unspecified atom stereocenters. The number of nitrogens with zero attached hydrogens (tertiary/aromatic N) is 7. The molecule has 10 nitrogen and oxygen atoms in total. The van der Waals surface area contributed by atoms with Crippen LogP contribution in [0.3, 0.4) is 0 Å². The van der Waals surface area contributed by atoms with Gasteiger partial charge in [0.05, 0.1) is 34.6 Å². The molecule has 0 aromatic carbocycles. The molecule has 0 spiro atoms. The largest absolute Gasteiger partial charge is 0.342 e. The number of amides is 1. The molecule has 1 amide bonds. The summed E-state index contributed by atoms with van der Waals surface area (Å²) in [7, 11) is 0. The summed E-state index contributed by atoms with van der Waals surface area (Å²) in [6.07, 6.45) is 2.87. The molecular formula is C20H17F2N9OS. The van der Waals surface area contributed by atoms with Gasteiger partial charge in [-0.1, -0.05) is 5.21 Å². The quantitative estimate of drug-likeness (QED) is 0.393. The number of carbonyl (C=O) groups excluding carboxylic acids is 1. The third kappa shape index (κ3) is 3.75. The summed E-state index contributed by atoms with van der Waals surface area (Å²) in [6.45, 7) is 3.73. The Labute approximate surface area is 189 Å². The number of alkyl halides is 2. The van der Waals surface area contributed by atoms with Crippen LogP contribution in [0.15, 0.2) is 43.1 Å². The molecule has 1 atom stereocenters.